The van der Waals surface area contributed by atoms with E-state index in [0.717, 1.165) is 30.8 Å². The number of hydrogen-bond acceptors (Lipinski definition) is 3. The third kappa shape index (κ3) is 3.27. The minimum absolute atomic E-state index is 0.114. The molecule has 1 aliphatic rings. The van der Waals surface area contributed by atoms with E-state index in [1.54, 1.807) is 6.07 Å². The molecule has 112 valence electrons. The lowest BCUT2D eigenvalue weighted by Gasteiger charge is -2.29. The van der Waals surface area contributed by atoms with Crippen molar-refractivity contribution >= 4 is 17.0 Å². The largest absolute Gasteiger partial charge is 0.364 e. The normalized spacial score (nSPS) is 14.6. The molecule has 4 heteroatoms. The molecule has 0 saturated heterocycles. The summed E-state index contributed by atoms with van der Waals surface area (Å²) in [4.78, 5) is 3.59. The molecular formula is C17H21FN2S. The van der Waals surface area contributed by atoms with Crippen LogP contribution in [0.2, 0.25) is 0 Å². The summed E-state index contributed by atoms with van der Waals surface area (Å²) in [5.41, 5.74) is 3.06. The molecule has 1 aliphatic heterocycles. The van der Waals surface area contributed by atoms with Crippen LogP contribution in [0.3, 0.4) is 0 Å². The first-order chi connectivity index (χ1) is 10.1. The highest BCUT2D eigenvalue weighted by Gasteiger charge is 2.19. The van der Waals surface area contributed by atoms with Crippen molar-refractivity contribution < 1.29 is 4.39 Å². The van der Waals surface area contributed by atoms with E-state index in [2.05, 4.69) is 35.5 Å². The number of rotatable bonds is 4. The maximum Gasteiger partial charge on any atom is 0.146 e. The fraction of sp³-hybridized carbons (Fsp3) is 0.412. The molecule has 0 atom stereocenters. The molecule has 0 radical (unpaired) electrons. The van der Waals surface area contributed by atoms with Crippen LogP contribution < -0.4 is 10.2 Å². The standard InChI is InChI=1S/C17H21FN2S/c1-12(2)19-10-13-3-4-16(15(18)9-13)20-7-5-17-14(11-20)6-8-21-17/h3-4,6,8-9,12,19H,5,7,10-11H2,1-2H3. The van der Waals surface area contributed by atoms with Crippen LogP contribution in [0.4, 0.5) is 10.1 Å². The first kappa shape index (κ1) is 14.5. The van der Waals surface area contributed by atoms with Gasteiger partial charge in [0, 0.05) is 30.6 Å². The van der Waals surface area contributed by atoms with Gasteiger partial charge in [-0.3, -0.25) is 0 Å². The zero-order chi connectivity index (χ0) is 14.8. The Morgan fingerprint density at radius 1 is 1.33 bits per heavy atom. The molecule has 1 N–H and O–H groups in total. The summed E-state index contributed by atoms with van der Waals surface area (Å²) in [6.45, 7) is 6.62. The fourth-order valence-corrected chi connectivity index (χ4v) is 3.58. The summed E-state index contributed by atoms with van der Waals surface area (Å²) in [7, 11) is 0. The van der Waals surface area contributed by atoms with Gasteiger partial charge in [-0.1, -0.05) is 19.9 Å². The van der Waals surface area contributed by atoms with Gasteiger partial charge in [0.05, 0.1) is 5.69 Å². The van der Waals surface area contributed by atoms with E-state index in [9.17, 15) is 4.39 Å². The molecule has 0 unspecified atom stereocenters. The summed E-state index contributed by atoms with van der Waals surface area (Å²) in [5, 5.41) is 5.45. The lowest BCUT2D eigenvalue weighted by atomic mass is 10.1. The van der Waals surface area contributed by atoms with Crippen LogP contribution in [0.15, 0.2) is 29.6 Å². The Labute approximate surface area is 129 Å². The predicted molar refractivity (Wildman–Crippen MR) is 87.4 cm³/mol. The fourth-order valence-electron chi connectivity index (χ4n) is 2.69. The molecule has 0 saturated carbocycles. The summed E-state index contributed by atoms with van der Waals surface area (Å²) < 4.78 is 14.4. The zero-order valence-electron chi connectivity index (χ0n) is 12.5. The monoisotopic (exact) mass is 304 g/mol. The van der Waals surface area contributed by atoms with E-state index in [-0.39, 0.29) is 5.82 Å². The van der Waals surface area contributed by atoms with Gasteiger partial charge in [-0.25, -0.2) is 4.39 Å². The average Bonchev–Trinajstić information content (AvgIpc) is 2.92. The molecule has 1 aromatic heterocycles. The molecule has 1 aromatic carbocycles. The van der Waals surface area contributed by atoms with Crippen molar-refractivity contribution in [2.45, 2.75) is 39.4 Å². The minimum atomic E-state index is -0.114. The topological polar surface area (TPSA) is 15.3 Å². The first-order valence-electron chi connectivity index (χ1n) is 7.45. The lowest BCUT2D eigenvalue weighted by Crippen LogP contribution is -2.30. The molecule has 2 heterocycles. The van der Waals surface area contributed by atoms with Gasteiger partial charge in [-0.15, -0.1) is 11.3 Å². The molecule has 3 rings (SSSR count). The van der Waals surface area contributed by atoms with Crippen molar-refractivity contribution in [3.05, 3.63) is 51.5 Å². The summed E-state index contributed by atoms with van der Waals surface area (Å²) in [6, 6.07) is 8.17. The second kappa shape index (κ2) is 6.16. The Bertz CT molecular complexity index is 621. The van der Waals surface area contributed by atoms with E-state index in [1.165, 1.54) is 10.4 Å². The number of halogens is 1. The van der Waals surface area contributed by atoms with Crippen LogP contribution in [0.25, 0.3) is 0 Å². The van der Waals surface area contributed by atoms with Crippen molar-refractivity contribution in [2.24, 2.45) is 0 Å². The Morgan fingerprint density at radius 3 is 2.95 bits per heavy atom. The molecular weight excluding hydrogens is 283 g/mol. The summed E-state index contributed by atoms with van der Waals surface area (Å²) >= 11 is 1.81. The zero-order valence-corrected chi connectivity index (χ0v) is 13.3. The van der Waals surface area contributed by atoms with Gasteiger partial charge < -0.3 is 10.2 Å². The number of fused-ring (bicyclic) bond motifs is 1. The highest BCUT2D eigenvalue weighted by Crippen LogP contribution is 2.29. The van der Waals surface area contributed by atoms with Crippen molar-refractivity contribution in [3.8, 4) is 0 Å². The lowest BCUT2D eigenvalue weighted by molar-refractivity contribution is 0.579. The van der Waals surface area contributed by atoms with Gasteiger partial charge in [0.1, 0.15) is 5.82 Å². The van der Waals surface area contributed by atoms with Crippen molar-refractivity contribution in [2.75, 3.05) is 11.4 Å². The van der Waals surface area contributed by atoms with E-state index in [0.29, 0.717) is 12.6 Å². The first-order valence-corrected chi connectivity index (χ1v) is 8.33. The summed E-state index contributed by atoms with van der Waals surface area (Å²) in [6.07, 6.45) is 1.02. The second-order valence-electron chi connectivity index (χ2n) is 5.86. The van der Waals surface area contributed by atoms with Crippen LogP contribution in [0.5, 0.6) is 0 Å². The smallest absolute Gasteiger partial charge is 0.146 e. The molecule has 0 spiro atoms. The Morgan fingerprint density at radius 2 is 2.19 bits per heavy atom. The van der Waals surface area contributed by atoms with Gasteiger partial charge in [-0.05, 0) is 41.1 Å². The van der Waals surface area contributed by atoms with Gasteiger partial charge >= 0.3 is 0 Å². The predicted octanol–water partition coefficient (Wildman–Crippen LogP) is 3.95. The molecule has 2 nitrogen and oxygen atoms in total. The van der Waals surface area contributed by atoms with Crippen LogP contribution in [0, 0.1) is 5.82 Å². The molecule has 0 aliphatic carbocycles. The number of anilines is 1. The van der Waals surface area contributed by atoms with E-state index < -0.39 is 0 Å². The number of hydrogen-bond donors (Lipinski definition) is 1. The van der Waals surface area contributed by atoms with E-state index >= 15 is 0 Å². The minimum Gasteiger partial charge on any atom is -0.364 e. The number of thiophene rings is 1. The van der Waals surface area contributed by atoms with Gasteiger partial charge in [0.2, 0.25) is 0 Å². The van der Waals surface area contributed by atoms with Crippen LogP contribution >= 0.6 is 11.3 Å². The maximum absolute atomic E-state index is 14.4. The van der Waals surface area contributed by atoms with Crippen LogP contribution in [0.1, 0.15) is 29.9 Å². The highest BCUT2D eigenvalue weighted by molar-refractivity contribution is 7.10. The van der Waals surface area contributed by atoms with Crippen LogP contribution in [-0.4, -0.2) is 12.6 Å². The Kier molecular flexibility index (Phi) is 4.27. The molecule has 0 bridgehead atoms. The van der Waals surface area contributed by atoms with Gasteiger partial charge in [0.25, 0.3) is 0 Å². The van der Waals surface area contributed by atoms with Crippen LogP contribution in [-0.2, 0) is 19.5 Å². The third-order valence-electron chi connectivity index (χ3n) is 3.87. The second-order valence-corrected chi connectivity index (χ2v) is 6.86. The average molecular weight is 304 g/mol. The number of benzene rings is 1. The van der Waals surface area contributed by atoms with Crippen molar-refractivity contribution in [1.29, 1.82) is 0 Å². The SMILES string of the molecule is CC(C)NCc1ccc(N2CCc3sccc3C2)c(F)c1. The molecule has 0 fully saturated rings. The quantitative estimate of drug-likeness (QED) is 0.920. The van der Waals surface area contributed by atoms with Gasteiger partial charge in [0.15, 0.2) is 0 Å². The molecule has 21 heavy (non-hydrogen) atoms. The number of nitrogens with zero attached hydrogens (tertiary/aromatic N) is 1. The number of nitrogens with one attached hydrogen (secondary N) is 1. The van der Waals surface area contributed by atoms with E-state index in [1.807, 2.05) is 23.5 Å². The summed E-state index contributed by atoms with van der Waals surface area (Å²) in [5.74, 6) is -0.114. The van der Waals surface area contributed by atoms with Crippen molar-refractivity contribution in [3.63, 3.8) is 0 Å². The van der Waals surface area contributed by atoms with E-state index in [4.69, 9.17) is 0 Å². The molecule has 2 aromatic rings. The third-order valence-corrected chi connectivity index (χ3v) is 4.90. The molecule has 0 amide bonds. The highest BCUT2D eigenvalue weighted by atomic mass is 32.1. The van der Waals surface area contributed by atoms with Crippen molar-refractivity contribution in [1.82, 2.24) is 5.32 Å². The Balaban J connectivity index is 1.74. The maximum atomic E-state index is 14.4. The van der Waals surface area contributed by atoms with Gasteiger partial charge in [-0.2, -0.15) is 0 Å². The Hall–Kier alpha value is -1.39.